The minimum Gasteiger partial charge on any atom is -0.457 e. The van der Waals surface area contributed by atoms with Gasteiger partial charge in [0.2, 0.25) is 0 Å². The minimum atomic E-state index is -0.446. The fourth-order valence-corrected chi connectivity index (χ4v) is 2.53. The van der Waals surface area contributed by atoms with Crippen LogP contribution in [0.1, 0.15) is 65.2 Å². The van der Waals surface area contributed by atoms with Crippen LogP contribution in [-0.2, 0) is 19.1 Å². The first-order chi connectivity index (χ1) is 8.58. The van der Waals surface area contributed by atoms with Crippen molar-refractivity contribution in [1.82, 2.24) is 0 Å². The first-order valence-electron chi connectivity index (χ1n) is 6.93. The Morgan fingerprint density at radius 1 is 1.17 bits per heavy atom. The molecule has 1 saturated carbocycles. The molecule has 0 radical (unpaired) electrons. The van der Waals surface area contributed by atoms with Gasteiger partial charge in [0.15, 0.2) is 6.61 Å². The highest BCUT2D eigenvalue weighted by Gasteiger charge is 2.35. The first-order valence-corrected chi connectivity index (χ1v) is 6.93. The summed E-state index contributed by atoms with van der Waals surface area (Å²) < 4.78 is 10.3. The van der Waals surface area contributed by atoms with Crippen molar-refractivity contribution in [2.75, 3.05) is 6.61 Å². The summed E-state index contributed by atoms with van der Waals surface area (Å²) in [5, 5.41) is 0. The molecule has 0 aromatic heterocycles. The van der Waals surface area contributed by atoms with E-state index in [-0.39, 0.29) is 12.2 Å². The molecule has 1 fully saturated rings. The van der Waals surface area contributed by atoms with E-state index in [0.29, 0.717) is 0 Å². The van der Waals surface area contributed by atoms with Gasteiger partial charge >= 0.3 is 11.9 Å². The Morgan fingerprint density at radius 2 is 1.83 bits per heavy atom. The maximum Gasteiger partial charge on any atom is 0.344 e. The molecule has 4 heteroatoms. The summed E-state index contributed by atoms with van der Waals surface area (Å²) in [5.41, 5.74) is -0.300. The minimum absolute atomic E-state index is 0.261. The topological polar surface area (TPSA) is 52.6 Å². The number of hydrogen-bond acceptors (Lipinski definition) is 4. The van der Waals surface area contributed by atoms with Crippen LogP contribution in [0.15, 0.2) is 0 Å². The third kappa shape index (κ3) is 5.07. The molecule has 104 valence electrons. The summed E-state index contributed by atoms with van der Waals surface area (Å²) in [6, 6.07) is 0. The van der Waals surface area contributed by atoms with E-state index in [1.54, 1.807) is 0 Å². The Balaban J connectivity index is 2.49. The van der Waals surface area contributed by atoms with Crippen LogP contribution >= 0.6 is 0 Å². The van der Waals surface area contributed by atoms with E-state index in [9.17, 15) is 9.59 Å². The van der Waals surface area contributed by atoms with Crippen molar-refractivity contribution in [2.45, 2.75) is 70.8 Å². The molecule has 1 aliphatic carbocycles. The fourth-order valence-electron chi connectivity index (χ4n) is 2.53. The van der Waals surface area contributed by atoms with Gasteiger partial charge in [-0.2, -0.15) is 0 Å². The molecule has 1 rings (SSSR count). The number of carbonyl (C=O) groups is 2. The maximum atomic E-state index is 11.7. The smallest absolute Gasteiger partial charge is 0.344 e. The van der Waals surface area contributed by atoms with Crippen LogP contribution in [0, 0.1) is 0 Å². The van der Waals surface area contributed by atoms with Gasteiger partial charge in [-0.05, 0) is 38.5 Å². The predicted molar refractivity (Wildman–Crippen MR) is 68.1 cm³/mol. The highest BCUT2D eigenvalue weighted by Crippen LogP contribution is 2.36. The quantitative estimate of drug-likeness (QED) is 0.685. The van der Waals surface area contributed by atoms with E-state index in [1.165, 1.54) is 13.3 Å². The Morgan fingerprint density at radius 3 is 2.39 bits per heavy atom. The van der Waals surface area contributed by atoms with Crippen LogP contribution in [-0.4, -0.2) is 24.1 Å². The number of unbranched alkanes of at least 4 members (excludes halogenated alkanes) is 1. The Hall–Kier alpha value is -1.06. The molecular formula is C14H24O4. The zero-order valence-corrected chi connectivity index (χ0v) is 11.5. The lowest BCUT2D eigenvalue weighted by Crippen LogP contribution is -2.38. The second-order valence-electron chi connectivity index (χ2n) is 5.10. The molecule has 0 aromatic rings. The Bertz CT molecular complexity index is 280. The molecule has 0 N–H and O–H groups in total. The van der Waals surface area contributed by atoms with Crippen molar-refractivity contribution in [3.63, 3.8) is 0 Å². The number of hydrogen-bond donors (Lipinski definition) is 0. The van der Waals surface area contributed by atoms with E-state index in [2.05, 4.69) is 11.7 Å². The van der Waals surface area contributed by atoms with E-state index in [0.717, 1.165) is 44.9 Å². The van der Waals surface area contributed by atoms with Crippen LogP contribution in [0.3, 0.4) is 0 Å². The van der Waals surface area contributed by atoms with E-state index < -0.39 is 11.9 Å². The van der Waals surface area contributed by atoms with Crippen molar-refractivity contribution < 1.29 is 19.1 Å². The zero-order chi connectivity index (χ0) is 13.4. The lowest BCUT2D eigenvalue weighted by molar-refractivity contribution is -0.173. The van der Waals surface area contributed by atoms with E-state index in [4.69, 9.17) is 4.74 Å². The number of rotatable bonds is 6. The first kappa shape index (κ1) is 15.0. The summed E-state index contributed by atoms with van der Waals surface area (Å²) in [6.45, 7) is 3.17. The molecular weight excluding hydrogens is 232 g/mol. The molecule has 0 heterocycles. The third-order valence-corrected chi connectivity index (χ3v) is 3.47. The normalized spacial score (nSPS) is 18.1. The van der Waals surface area contributed by atoms with Crippen molar-refractivity contribution in [2.24, 2.45) is 0 Å². The lowest BCUT2D eigenvalue weighted by atomic mass is 9.81. The number of esters is 2. The van der Waals surface area contributed by atoms with Gasteiger partial charge in [0.05, 0.1) is 0 Å². The number of ether oxygens (including phenoxy) is 2. The SMILES string of the molecule is CCCCC1(OC(=O)COC(C)=O)CCCCC1. The molecule has 0 unspecified atom stereocenters. The molecule has 0 bridgehead atoms. The summed E-state index contributed by atoms with van der Waals surface area (Å²) in [6.07, 6.45) is 8.43. The van der Waals surface area contributed by atoms with Crippen molar-refractivity contribution in [1.29, 1.82) is 0 Å². The van der Waals surface area contributed by atoms with Crippen LogP contribution in [0.2, 0.25) is 0 Å². The molecule has 0 spiro atoms. The second kappa shape index (κ2) is 7.39. The average molecular weight is 256 g/mol. The molecule has 0 saturated heterocycles. The monoisotopic (exact) mass is 256 g/mol. The van der Waals surface area contributed by atoms with Gasteiger partial charge in [-0.15, -0.1) is 0 Å². The summed E-state index contributed by atoms with van der Waals surface area (Å²) >= 11 is 0. The van der Waals surface area contributed by atoms with Crippen LogP contribution < -0.4 is 0 Å². The standard InChI is InChI=1S/C14H24O4/c1-3-4-8-14(9-6-5-7-10-14)18-13(16)11-17-12(2)15/h3-11H2,1-2H3. The molecule has 0 amide bonds. The summed E-state index contributed by atoms with van der Waals surface area (Å²) in [4.78, 5) is 22.3. The van der Waals surface area contributed by atoms with Gasteiger partial charge in [-0.1, -0.05) is 19.8 Å². The average Bonchev–Trinajstić information content (AvgIpc) is 2.35. The lowest BCUT2D eigenvalue weighted by Gasteiger charge is -2.36. The van der Waals surface area contributed by atoms with Crippen molar-refractivity contribution in [3.8, 4) is 0 Å². The summed E-state index contributed by atoms with van der Waals surface area (Å²) in [5.74, 6) is -0.860. The van der Waals surface area contributed by atoms with E-state index >= 15 is 0 Å². The van der Waals surface area contributed by atoms with Crippen LogP contribution in [0.4, 0.5) is 0 Å². The van der Waals surface area contributed by atoms with Crippen molar-refractivity contribution >= 4 is 11.9 Å². The Labute approximate surface area is 109 Å². The van der Waals surface area contributed by atoms with Gasteiger partial charge in [0.25, 0.3) is 0 Å². The predicted octanol–water partition coefficient (Wildman–Crippen LogP) is 2.99. The maximum absolute atomic E-state index is 11.7. The molecule has 0 aromatic carbocycles. The molecule has 0 atom stereocenters. The fraction of sp³-hybridized carbons (Fsp3) is 0.857. The van der Waals surface area contributed by atoms with Gasteiger partial charge in [0, 0.05) is 6.92 Å². The van der Waals surface area contributed by atoms with Gasteiger partial charge < -0.3 is 9.47 Å². The van der Waals surface area contributed by atoms with Crippen molar-refractivity contribution in [3.05, 3.63) is 0 Å². The molecule has 4 nitrogen and oxygen atoms in total. The van der Waals surface area contributed by atoms with Crippen LogP contribution in [0.25, 0.3) is 0 Å². The summed E-state index contributed by atoms with van der Waals surface area (Å²) in [7, 11) is 0. The molecule has 0 aliphatic heterocycles. The largest absolute Gasteiger partial charge is 0.457 e. The van der Waals surface area contributed by atoms with Gasteiger partial charge in [-0.25, -0.2) is 4.79 Å². The van der Waals surface area contributed by atoms with Crippen LogP contribution in [0.5, 0.6) is 0 Å². The third-order valence-electron chi connectivity index (χ3n) is 3.47. The highest BCUT2D eigenvalue weighted by atomic mass is 16.6. The molecule has 1 aliphatic rings. The van der Waals surface area contributed by atoms with E-state index in [1.807, 2.05) is 0 Å². The van der Waals surface area contributed by atoms with Gasteiger partial charge in [-0.3, -0.25) is 4.79 Å². The second-order valence-corrected chi connectivity index (χ2v) is 5.10. The van der Waals surface area contributed by atoms with Gasteiger partial charge in [0.1, 0.15) is 5.60 Å². The molecule has 18 heavy (non-hydrogen) atoms. The number of carbonyl (C=O) groups excluding carboxylic acids is 2. The Kier molecular flexibility index (Phi) is 6.16. The zero-order valence-electron chi connectivity index (χ0n) is 11.5. The highest BCUT2D eigenvalue weighted by molar-refractivity contribution is 5.75.